The Morgan fingerprint density at radius 2 is 1.73 bits per heavy atom. The Morgan fingerprint density at radius 1 is 0.939 bits per heavy atom. The van der Waals surface area contributed by atoms with Crippen LogP contribution in [0.4, 0.5) is 4.79 Å². The molecule has 0 radical (unpaired) electrons. The second kappa shape index (κ2) is 8.44. The van der Waals surface area contributed by atoms with Gasteiger partial charge in [0.05, 0.1) is 17.0 Å². The highest BCUT2D eigenvalue weighted by molar-refractivity contribution is 8.18. The van der Waals surface area contributed by atoms with E-state index in [1.807, 2.05) is 48.5 Å². The van der Waals surface area contributed by atoms with Crippen LogP contribution >= 0.6 is 11.8 Å². The van der Waals surface area contributed by atoms with Gasteiger partial charge in [0.15, 0.2) is 0 Å². The SMILES string of the molecule is O=C(O)c1cccc(-n2cccc2/C=C2/SC(=O)N(Cc3cccc4ccccc34)C2=O)c1. The molecule has 7 heteroatoms. The van der Waals surface area contributed by atoms with Gasteiger partial charge in [0.25, 0.3) is 11.1 Å². The van der Waals surface area contributed by atoms with Crippen molar-refractivity contribution in [2.24, 2.45) is 0 Å². The fraction of sp³-hybridized carbons (Fsp3) is 0.0385. The molecule has 0 saturated carbocycles. The largest absolute Gasteiger partial charge is 0.478 e. The monoisotopic (exact) mass is 454 g/mol. The molecule has 2 heterocycles. The lowest BCUT2D eigenvalue weighted by Gasteiger charge is -2.14. The molecular weight excluding hydrogens is 436 g/mol. The van der Waals surface area contributed by atoms with E-state index in [1.54, 1.807) is 41.1 Å². The molecule has 6 nitrogen and oxygen atoms in total. The van der Waals surface area contributed by atoms with Crippen LogP contribution in [-0.4, -0.2) is 31.7 Å². The first kappa shape index (κ1) is 20.8. The molecule has 0 unspecified atom stereocenters. The average molecular weight is 455 g/mol. The van der Waals surface area contributed by atoms with E-state index in [2.05, 4.69) is 0 Å². The zero-order valence-electron chi connectivity index (χ0n) is 17.3. The molecule has 2 amide bonds. The minimum atomic E-state index is -1.01. The lowest BCUT2D eigenvalue weighted by Crippen LogP contribution is -2.27. The molecule has 33 heavy (non-hydrogen) atoms. The van der Waals surface area contributed by atoms with Gasteiger partial charge in [0, 0.05) is 17.6 Å². The van der Waals surface area contributed by atoms with Gasteiger partial charge in [-0.25, -0.2) is 4.79 Å². The zero-order valence-corrected chi connectivity index (χ0v) is 18.2. The minimum absolute atomic E-state index is 0.169. The molecule has 4 aromatic rings. The van der Waals surface area contributed by atoms with Gasteiger partial charge in [-0.3, -0.25) is 14.5 Å². The topological polar surface area (TPSA) is 79.6 Å². The summed E-state index contributed by atoms with van der Waals surface area (Å²) in [4.78, 5) is 38.7. The van der Waals surface area contributed by atoms with Crippen LogP contribution in [0.15, 0.2) is 90.0 Å². The van der Waals surface area contributed by atoms with E-state index >= 15 is 0 Å². The Bertz CT molecular complexity index is 1450. The molecule has 5 rings (SSSR count). The molecule has 0 bridgehead atoms. The normalized spacial score (nSPS) is 15.0. The van der Waals surface area contributed by atoms with Crippen molar-refractivity contribution in [2.45, 2.75) is 6.54 Å². The second-order valence-corrected chi connectivity index (χ2v) is 8.56. The van der Waals surface area contributed by atoms with E-state index in [1.165, 1.54) is 11.0 Å². The van der Waals surface area contributed by atoms with Crippen molar-refractivity contribution in [3.05, 3.63) is 107 Å². The number of amides is 2. The van der Waals surface area contributed by atoms with E-state index in [-0.39, 0.29) is 23.3 Å². The number of aromatic carboxylic acids is 1. The highest BCUT2D eigenvalue weighted by Gasteiger charge is 2.35. The molecule has 1 fully saturated rings. The maximum Gasteiger partial charge on any atom is 0.335 e. The molecule has 162 valence electrons. The van der Waals surface area contributed by atoms with Gasteiger partial charge < -0.3 is 9.67 Å². The van der Waals surface area contributed by atoms with Crippen molar-refractivity contribution in [3.8, 4) is 5.69 Å². The maximum absolute atomic E-state index is 13.1. The maximum atomic E-state index is 13.1. The van der Waals surface area contributed by atoms with E-state index in [4.69, 9.17) is 0 Å². The summed E-state index contributed by atoms with van der Waals surface area (Å²) in [6, 6.07) is 23.9. The standard InChI is InChI=1S/C26H18N2O4S/c29-24-23(15-21-11-5-13-27(21)20-10-4-8-18(14-20)25(30)31)33-26(32)28(24)16-19-9-3-7-17-6-1-2-12-22(17)19/h1-15H,16H2,(H,30,31)/b23-15+. The van der Waals surface area contributed by atoms with Gasteiger partial charge in [-0.15, -0.1) is 0 Å². The van der Waals surface area contributed by atoms with Gasteiger partial charge >= 0.3 is 5.97 Å². The van der Waals surface area contributed by atoms with E-state index in [9.17, 15) is 19.5 Å². The van der Waals surface area contributed by atoms with Crippen LogP contribution < -0.4 is 0 Å². The third-order valence-electron chi connectivity index (χ3n) is 5.51. The van der Waals surface area contributed by atoms with Crippen molar-refractivity contribution < 1.29 is 19.5 Å². The number of carbonyl (C=O) groups excluding carboxylic acids is 2. The summed E-state index contributed by atoms with van der Waals surface area (Å²) in [6.45, 7) is 0.199. The first-order valence-electron chi connectivity index (χ1n) is 10.2. The van der Waals surface area contributed by atoms with Gasteiger partial charge in [-0.05, 0) is 64.5 Å². The van der Waals surface area contributed by atoms with E-state index in [0.29, 0.717) is 16.3 Å². The van der Waals surface area contributed by atoms with Gasteiger partial charge in [0.2, 0.25) is 0 Å². The Morgan fingerprint density at radius 3 is 2.58 bits per heavy atom. The summed E-state index contributed by atoms with van der Waals surface area (Å²) in [6.07, 6.45) is 3.45. The molecule has 1 aromatic heterocycles. The lowest BCUT2D eigenvalue weighted by molar-refractivity contribution is -0.123. The fourth-order valence-corrected chi connectivity index (χ4v) is 4.73. The summed E-state index contributed by atoms with van der Waals surface area (Å²) in [5, 5.41) is 11.0. The molecule has 1 aliphatic rings. The van der Waals surface area contributed by atoms with Crippen LogP contribution in [0.2, 0.25) is 0 Å². The summed E-state index contributed by atoms with van der Waals surface area (Å²) in [7, 11) is 0. The van der Waals surface area contributed by atoms with Crippen LogP contribution in [0.3, 0.4) is 0 Å². The van der Waals surface area contributed by atoms with E-state index in [0.717, 1.165) is 28.1 Å². The summed E-state index contributed by atoms with van der Waals surface area (Å²) in [5.74, 6) is -1.36. The van der Waals surface area contributed by atoms with Crippen LogP contribution in [0.1, 0.15) is 21.6 Å². The van der Waals surface area contributed by atoms with Crippen LogP contribution in [-0.2, 0) is 11.3 Å². The summed E-state index contributed by atoms with van der Waals surface area (Å²) in [5.41, 5.74) is 2.41. The highest BCUT2D eigenvalue weighted by Crippen LogP contribution is 2.34. The molecule has 1 N–H and O–H groups in total. The van der Waals surface area contributed by atoms with Crippen molar-refractivity contribution >= 4 is 45.7 Å². The minimum Gasteiger partial charge on any atom is -0.478 e. The third-order valence-corrected chi connectivity index (χ3v) is 6.42. The number of aromatic nitrogens is 1. The molecule has 1 aliphatic heterocycles. The number of nitrogens with zero attached hydrogens (tertiary/aromatic N) is 2. The first-order valence-corrected chi connectivity index (χ1v) is 11.1. The van der Waals surface area contributed by atoms with Crippen molar-refractivity contribution in [3.63, 3.8) is 0 Å². The summed E-state index contributed by atoms with van der Waals surface area (Å²) < 4.78 is 1.78. The molecule has 3 aromatic carbocycles. The van der Waals surface area contributed by atoms with Crippen LogP contribution in [0.5, 0.6) is 0 Å². The third kappa shape index (κ3) is 3.94. The quantitative estimate of drug-likeness (QED) is 0.399. The smallest absolute Gasteiger partial charge is 0.335 e. The van der Waals surface area contributed by atoms with Crippen molar-refractivity contribution in [1.82, 2.24) is 9.47 Å². The van der Waals surface area contributed by atoms with Gasteiger partial charge in [-0.2, -0.15) is 0 Å². The Hall–Kier alpha value is -4.10. The fourth-order valence-electron chi connectivity index (χ4n) is 3.91. The predicted octanol–water partition coefficient (Wildman–Crippen LogP) is 5.57. The number of hydrogen-bond acceptors (Lipinski definition) is 4. The number of fused-ring (bicyclic) bond motifs is 1. The van der Waals surface area contributed by atoms with Crippen molar-refractivity contribution in [1.29, 1.82) is 0 Å². The Labute approximate surface area is 193 Å². The Kier molecular flexibility index (Phi) is 5.32. The number of benzene rings is 3. The second-order valence-electron chi connectivity index (χ2n) is 7.56. The van der Waals surface area contributed by atoms with Crippen LogP contribution in [0, 0.1) is 0 Å². The average Bonchev–Trinajstić information content (AvgIpc) is 3.39. The van der Waals surface area contributed by atoms with Gasteiger partial charge in [-0.1, -0.05) is 48.5 Å². The lowest BCUT2D eigenvalue weighted by atomic mass is 10.0. The molecule has 0 spiro atoms. The van der Waals surface area contributed by atoms with E-state index < -0.39 is 5.97 Å². The zero-order chi connectivity index (χ0) is 22.9. The number of carbonyl (C=O) groups is 3. The first-order chi connectivity index (χ1) is 16.0. The summed E-state index contributed by atoms with van der Waals surface area (Å²) >= 11 is 0.908. The predicted molar refractivity (Wildman–Crippen MR) is 128 cm³/mol. The molecule has 0 aliphatic carbocycles. The number of thioether (sulfide) groups is 1. The number of rotatable bonds is 5. The molecule has 1 saturated heterocycles. The highest BCUT2D eigenvalue weighted by atomic mass is 32.2. The van der Waals surface area contributed by atoms with Gasteiger partial charge in [0.1, 0.15) is 0 Å². The number of carboxylic acids is 1. The number of imide groups is 1. The van der Waals surface area contributed by atoms with Crippen molar-refractivity contribution in [2.75, 3.05) is 0 Å². The number of hydrogen-bond donors (Lipinski definition) is 1. The molecular formula is C26H18N2O4S. The molecule has 0 atom stereocenters. The van der Waals surface area contributed by atoms with Crippen LogP contribution in [0.25, 0.3) is 22.5 Å². The number of carboxylic acid groups (broad SMARTS) is 1. The Balaban J connectivity index is 1.44.